The van der Waals surface area contributed by atoms with Gasteiger partial charge in [-0.1, -0.05) is 22.0 Å². The zero-order valence-electron chi connectivity index (χ0n) is 10.4. The molecule has 0 spiro atoms. The molecular formula is C13H19BrN2O. The van der Waals surface area contributed by atoms with Crippen molar-refractivity contribution in [1.29, 1.82) is 0 Å². The molecule has 0 saturated heterocycles. The van der Waals surface area contributed by atoms with E-state index in [0.717, 1.165) is 29.7 Å². The monoisotopic (exact) mass is 298 g/mol. The predicted molar refractivity (Wildman–Crippen MR) is 73.3 cm³/mol. The normalized spacial score (nSPS) is 24.1. The third-order valence-electron chi connectivity index (χ3n) is 3.63. The quantitative estimate of drug-likeness (QED) is 0.911. The first-order valence-electron chi connectivity index (χ1n) is 5.90. The number of hydrogen-bond acceptors (Lipinski definition) is 3. The van der Waals surface area contributed by atoms with Crippen molar-refractivity contribution in [3.05, 3.63) is 28.2 Å². The molecule has 1 aliphatic heterocycles. The van der Waals surface area contributed by atoms with Gasteiger partial charge in [-0.25, -0.2) is 0 Å². The third-order valence-corrected chi connectivity index (χ3v) is 4.12. The van der Waals surface area contributed by atoms with Crippen LogP contribution in [0.5, 0.6) is 5.75 Å². The molecule has 1 unspecified atom stereocenters. The molecular weight excluding hydrogens is 280 g/mol. The topological polar surface area (TPSA) is 38.5 Å². The Labute approximate surface area is 111 Å². The van der Waals surface area contributed by atoms with Gasteiger partial charge in [0, 0.05) is 16.6 Å². The summed E-state index contributed by atoms with van der Waals surface area (Å²) in [4.78, 5) is 2.22. The number of benzene rings is 1. The second-order valence-electron chi connectivity index (χ2n) is 4.72. The molecule has 1 aliphatic rings. The molecule has 1 aromatic rings. The summed E-state index contributed by atoms with van der Waals surface area (Å²) in [5.74, 6) is 0.955. The standard InChI is InChI=1S/C13H19BrN2O/c1-16(2)13(9-15)6-3-7-17-12-8-10(14)4-5-11(12)13/h4-5,8H,3,6-7,9,15H2,1-2H3. The fraction of sp³-hybridized carbons (Fsp3) is 0.538. The second kappa shape index (κ2) is 4.96. The molecule has 17 heavy (non-hydrogen) atoms. The number of fused-ring (bicyclic) bond motifs is 1. The van der Waals surface area contributed by atoms with Crippen LogP contribution in [0.3, 0.4) is 0 Å². The number of ether oxygens (including phenoxy) is 1. The highest BCUT2D eigenvalue weighted by molar-refractivity contribution is 9.10. The molecule has 0 aromatic heterocycles. The van der Waals surface area contributed by atoms with E-state index in [0.29, 0.717) is 6.54 Å². The summed E-state index contributed by atoms with van der Waals surface area (Å²) in [6.45, 7) is 1.37. The molecule has 0 fully saturated rings. The minimum atomic E-state index is -0.105. The average molecular weight is 299 g/mol. The van der Waals surface area contributed by atoms with E-state index in [1.807, 2.05) is 6.07 Å². The summed E-state index contributed by atoms with van der Waals surface area (Å²) in [6.07, 6.45) is 2.06. The second-order valence-corrected chi connectivity index (χ2v) is 5.64. The number of nitrogens with two attached hydrogens (primary N) is 1. The van der Waals surface area contributed by atoms with Crippen LogP contribution < -0.4 is 10.5 Å². The van der Waals surface area contributed by atoms with Crippen molar-refractivity contribution in [2.45, 2.75) is 18.4 Å². The van der Waals surface area contributed by atoms with Crippen LogP contribution in [-0.2, 0) is 5.54 Å². The molecule has 2 N–H and O–H groups in total. The van der Waals surface area contributed by atoms with Gasteiger partial charge in [-0.2, -0.15) is 0 Å². The van der Waals surface area contributed by atoms with Gasteiger partial charge in [-0.3, -0.25) is 4.90 Å². The number of nitrogens with zero attached hydrogens (tertiary/aromatic N) is 1. The van der Waals surface area contributed by atoms with Gasteiger partial charge in [-0.15, -0.1) is 0 Å². The van der Waals surface area contributed by atoms with Gasteiger partial charge in [0.1, 0.15) is 5.75 Å². The molecule has 0 saturated carbocycles. The minimum absolute atomic E-state index is 0.105. The first kappa shape index (κ1) is 12.9. The van der Waals surface area contributed by atoms with Crippen molar-refractivity contribution in [3.8, 4) is 5.75 Å². The van der Waals surface area contributed by atoms with E-state index in [1.54, 1.807) is 0 Å². The van der Waals surface area contributed by atoms with Crippen LogP contribution in [0.2, 0.25) is 0 Å². The van der Waals surface area contributed by atoms with E-state index < -0.39 is 0 Å². The van der Waals surface area contributed by atoms with Crippen molar-refractivity contribution in [2.75, 3.05) is 27.2 Å². The van der Waals surface area contributed by atoms with E-state index in [9.17, 15) is 0 Å². The zero-order valence-corrected chi connectivity index (χ0v) is 12.0. The molecule has 94 valence electrons. The van der Waals surface area contributed by atoms with Crippen LogP contribution in [0, 0.1) is 0 Å². The summed E-state index contributed by atoms with van der Waals surface area (Å²) < 4.78 is 6.87. The summed E-state index contributed by atoms with van der Waals surface area (Å²) in [7, 11) is 4.17. The van der Waals surface area contributed by atoms with E-state index in [-0.39, 0.29) is 5.54 Å². The minimum Gasteiger partial charge on any atom is -0.493 e. The van der Waals surface area contributed by atoms with Crippen LogP contribution in [0.1, 0.15) is 18.4 Å². The molecule has 1 heterocycles. The Morgan fingerprint density at radius 1 is 1.47 bits per heavy atom. The van der Waals surface area contributed by atoms with Crippen molar-refractivity contribution in [3.63, 3.8) is 0 Å². The van der Waals surface area contributed by atoms with Gasteiger partial charge < -0.3 is 10.5 Å². The van der Waals surface area contributed by atoms with Crippen molar-refractivity contribution in [2.24, 2.45) is 5.73 Å². The highest BCUT2D eigenvalue weighted by atomic mass is 79.9. The lowest BCUT2D eigenvalue weighted by atomic mass is 9.84. The van der Waals surface area contributed by atoms with Crippen LogP contribution in [0.25, 0.3) is 0 Å². The lowest BCUT2D eigenvalue weighted by Crippen LogP contribution is -2.47. The van der Waals surface area contributed by atoms with E-state index in [4.69, 9.17) is 10.5 Å². The number of rotatable bonds is 2. The Kier molecular flexibility index (Phi) is 3.76. The molecule has 1 atom stereocenters. The summed E-state index contributed by atoms with van der Waals surface area (Å²) in [5.41, 5.74) is 7.15. The maximum atomic E-state index is 6.05. The Bertz CT molecular complexity index is 408. The van der Waals surface area contributed by atoms with Crippen LogP contribution >= 0.6 is 15.9 Å². The molecule has 4 heteroatoms. The molecule has 0 amide bonds. The average Bonchev–Trinajstić information content (AvgIpc) is 2.48. The maximum Gasteiger partial charge on any atom is 0.125 e. The molecule has 0 aliphatic carbocycles. The number of halogens is 1. The van der Waals surface area contributed by atoms with Crippen molar-refractivity contribution in [1.82, 2.24) is 4.90 Å². The predicted octanol–water partition coefficient (Wildman–Crippen LogP) is 2.34. The largest absolute Gasteiger partial charge is 0.493 e. The van der Waals surface area contributed by atoms with Gasteiger partial charge in [0.2, 0.25) is 0 Å². The van der Waals surface area contributed by atoms with Crippen molar-refractivity contribution < 1.29 is 4.74 Å². The zero-order chi connectivity index (χ0) is 12.5. The van der Waals surface area contributed by atoms with Gasteiger partial charge in [0.25, 0.3) is 0 Å². The SMILES string of the molecule is CN(C)C1(CN)CCCOc2cc(Br)ccc21. The summed E-state index contributed by atoms with van der Waals surface area (Å²) in [6, 6.07) is 6.22. The van der Waals surface area contributed by atoms with Gasteiger partial charge >= 0.3 is 0 Å². The Balaban J connectivity index is 2.56. The Morgan fingerprint density at radius 3 is 2.88 bits per heavy atom. The fourth-order valence-electron chi connectivity index (χ4n) is 2.54. The number of hydrogen-bond donors (Lipinski definition) is 1. The maximum absolute atomic E-state index is 6.05. The molecule has 0 bridgehead atoms. The summed E-state index contributed by atoms with van der Waals surface area (Å²) >= 11 is 3.49. The molecule has 3 nitrogen and oxygen atoms in total. The first-order valence-corrected chi connectivity index (χ1v) is 6.70. The molecule has 2 rings (SSSR count). The lowest BCUT2D eigenvalue weighted by Gasteiger charge is -2.39. The third kappa shape index (κ3) is 2.21. The Morgan fingerprint density at radius 2 is 2.24 bits per heavy atom. The van der Waals surface area contributed by atoms with Crippen LogP contribution in [0.4, 0.5) is 0 Å². The molecule has 0 radical (unpaired) electrons. The number of likely N-dealkylation sites (N-methyl/N-ethyl adjacent to an activating group) is 1. The Hall–Kier alpha value is -0.580. The van der Waals surface area contributed by atoms with Crippen LogP contribution in [-0.4, -0.2) is 32.1 Å². The van der Waals surface area contributed by atoms with E-state index in [1.165, 1.54) is 5.56 Å². The fourth-order valence-corrected chi connectivity index (χ4v) is 2.88. The van der Waals surface area contributed by atoms with E-state index >= 15 is 0 Å². The smallest absolute Gasteiger partial charge is 0.125 e. The highest BCUT2D eigenvalue weighted by Crippen LogP contribution is 2.40. The summed E-state index contributed by atoms with van der Waals surface area (Å²) in [5, 5.41) is 0. The van der Waals surface area contributed by atoms with Crippen molar-refractivity contribution >= 4 is 15.9 Å². The van der Waals surface area contributed by atoms with Gasteiger partial charge in [0.15, 0.2) is 0 Å². The van der Waals surface area contributed by atoms with Crippen LogP contribution in [0.15, 0.2) is 22.7 Å². The van der Waals surface area contributed by atoms with Gasteiger partial charge in [0.05, 0.1) is 12.1 Å². The first-order chi connectivity index (χ1) is 8.10. The molecule has 1 aromatic carbocycles. The highest BCUT2D eigenvalue weighted by Gasteiger charge is 2.37. The van der Waals surface area contributed by atoms with E-state index in [2.05, 4.69) is 47.1 Å². The van der Waals surface area contributed by atoms with Gasteiger partial charge in [-0.05, 0) is 39.1 Å². The lowest BCUT2D eigenvalue weighted by molar-refractivity contribution is 0.147.